The van der Waals surface area contributed by atoms with Gasteiger partial charge >= 0.3 is 0 Å². The number of hydrogen-bond donors (Lipinski definition) is 0. The smallest absolute Gasteiger partial charge is 0.172 e. The van der Waals surface area contributed by atoms with Crippen LogP contribution in [0, 0.1) is 6.92 Å². The van der Waals surface area contributed by atoms with Crippen LogP contribution in [0.25, 0.3) is 0 Å². The SMILES string of the molecule is Cc1sc(C(=O)CCCCl)cc1Br. The second-order valence-corrected chi connectivity index (χ2v) is 5.22. The van der Waals surface area contributed by atoms with Crippen LogP contribution in [0.15, 0.2) is 10.5 Å². The molecule has 0 bridgehead atoms. The topological polar surface area (TPSA) is 17.1 Å². The first-order valence-corrected chi connectivity index (χ1v) is 6.14. The van der Waals surface area contributed by atoms with Gasteiger partial charge in [-0.25, -0.2) is 0 Å². The quantitative estimate of drug-likeness (QED) is 0.602. The van der Waals surface area contributed by atoms with E-state index in [0.717, 1.165) is 20.6 Å². The van der Waals surface area contributed by atoms with Crippen LogP contribution in [0.1, 0.15) is 27.4 Å². The fourth-order valence-electron chi connectivity index (χ4n) is 0.948. The van der Waals surface area contributed by atoms with Gasteiger partial charge in [-0.15, -0.1) is 22.9 Å². The lowest BCUT2D eigenvalue weighted by atomic mass is 10.2. The predicted octanol–water partition coefficient (Wildman–Crippen LogP) is 4.02. The number of thiophene rings is 1. The maximum absolute atomic E-state index is 11.5. The average Bonchev–Trinajstić information content (AvgIpc) is 2.43. The van der Waals surface area contributed by atoms with Crippen molar-refractivity contribution in [3.63, 3.8) is 0 Å². The minimum atomic E-state index is 0.194. The second kappa shape index (κ2) is 5.13. The summed E-state index contributed by atoms with van der Waals surface area (Å²) in [5.74, 6) is 0.747. The van der Waals surface area contributed by atoms with Crippen LogP contribution in [-0.4, -0.2) is 11.7 Å². The Kier molecular flexibility index (Phi) is 4.42. The number of aryl methyl sites for hydroxylation is 1. The van der Waals surface area contributed by atoms with Gasteiger partial charge in [-0.1, -0.05) is 0 Å². The second-order valence-electron chi connectivity index (χ2n) is 2.73. The van der Waals surface area contributed by atoms with E-state index in [1.807, 2.05) is 13.0 Å². The van der Waals surface area contributed by atoms with E-state index in [2.05, 4.69) is 15.9 Å². The van der Waals surface area contributed by atoms with Gasteiger partial charge in [0.05, 0.1) is 4.88 Å². The number of Topliss-reactive ketones (excluding diaryl/α,β-unsaturated/α-hetero) is 1. The summed E-state index contributed by atoms with van der Waals surface area (Å²) in [6.07, 6.45) is 1.31. The van der Waals surface area contributed by atoms with Gasteiger partial charge in [-0.3, -0.25) is 4.79 Å². The highest BCUT2D eigenvalue weighted by Crippen LogP contribution is 2.27. The lowest BCUT2D eigenvalue weighted by molar-refractivity contribution is 0.0986. The molecule has 1 nitrogen and oxygen atoms in total. The summed E-state index contributed by atoms with van der Waals surface area (Å²) in [6, 6.07) is 1.89. The molecule has 13 heavy (non-hydrogen) atoms. The van der Waals surface area contributed by atoms with Gasteiger partial charge in [0.1, 0.15) is 0 Å². The van der Waals surface area contributed by atoms with E-state index in [0.29, 0.717) is 12.3 Å². The highest BCUT2D eigenvalue weighted by molar-refractivity contribution is 9.10. The molecule has 4 heteroatoms. The van der Waals surface area contributed by atoms with Crippen molar-refractivity contribution in [2.24, 2.45) is 0 Å². The fourth-order valence-corrected chi connectivity index (χ4v) is 2.58. The Bertz CT molecular complexity index is 289. The third-order valence-electron chi connectivity index (χ3n) is 1.67. The number of hydrogen-bond acceptors (Lipinski definition) is 2. The van der Waals surface area contributed by atoms with Gasteiger partial charge in [0, 0.05) is 21.7 Å². The molecule has 1 heterocycles. The summed E-state index contributed by atoms with van der Waals surface area (Å²) >= 11 is 10.4. The third-order valence-corrected chi connectivity index (χ3v) is 4.11. The molecule has 0 N–H and O–H groups in total. The molecule has 0 saturated heterocycles. The van der Waals surface area contributed by atoms with E-state index in [4.69, 9.17) is 11.6 Å². The number of carbonyl (C=O) groups is 1. The highest BCUT2D eigenvalue weighted by Gasteiger charge is 2.10. The van der Waals surface area contributed by atoms with Gasteiger partial charge < -0.3 is 0 Å². The molecule has 0 atom stereocenters. The van der Waals surface area contributed by atoms with Gasteiger partial charge in [-0.05, 0) is 35.3 Å². The van der Waals surface area contributed by atoms with Crippen molar-refractivity contribution < 1.29 is 4.79 Å². The molecule has 0 radical (unpaired) electrons. The molecule has 0 aliphatic carbocycles. The van der Waals surface area contributed by atoms with E-state index in [1.54, 1.807) is 0 Å². The van der Waals surface area contributed by atoms with E-state index in [-0.39, 0.29) is 5.78 Å². The number of rotatable bonds is 4. The van der Waals surface area contributed by atoms with E-state index in [1.165, 1.54) is 11.3 Å². The molecular weight excluding hydrogens is 272 g/mol. The molecule has 0 aliphatic heterocycles. The lowest BCUT2D eigenvalue weighted by Crippen LogP contribution is -1.95. The summed E-state index contributed by atoms with van der Waals surface area (Å²) in [7, 11) is 0. The minimum absolute atomic E-state index is 0.194. The lowest BCUT2D eigenvalue weighted by Gasteiger charge is -1.93. The Morgan fingerprint density at radius 1 is 1.69 bits per heavy atom. The molecule has 0 amide bonds. The molecule has 0 fully saturated rings. The van der Waals surface area contributed by atoms with Gasteiger partial charge in [0.25, 0.3) is 0 Å². The Morgan fingerprint density at radius 3 is 2.85 bits per heavy atom. The number of halogens is 2. The molecule has 0 aromatic carbocycles. The average molecular weight is 282 g/mol. The third kappa shape index (κ3) is 3.08. The molecule has 0 aliphatic rings. The number of alkyl halides is 1. The highest BCUT2D eigenvalue weighted by atomic mass is 79.9. The molecule has 0 saturated carbocycles. The molecule has 72 valence electrons. The monoisotopic (exact) mass is 280 g/mol. The van der Waals surface area contributed by atoms with Crippen molar-refractivity contribution in [2.45, 2.75) is 19.8 Å². The van der Waals surface area contributed by atoms with Crippen molar-refractivity contribution >= 4 is 44.7 Å². The largest absolute Gasteiger partial charge is 0.293 e. The number of carbonyl (C=O) groups excluding carboxylic acids is 1. The van der Waals surface area contributed by atoms with Crippen molar-refractivity contribution in [1.82, 2.24) is 0 Å². The molecule has 0 unspecified atom stereocenters. The van der Waals surface area contributed by atoms with E-state index < -0.39 is 0 Å². The molecule has 1 aromatic heterocycles. The van der Waals surface area contributed by atoms with Gasteiger partial charge in [-0.2, -0.15) is 0 Å². The van der Waals surface area contributed by atoms with E-state index >= 15 is 0 Å². The number of ketones is 1. The maximum Gasteiger partial charge on any atom is 0.172 e. The normalized spacial score (nSPS) is 10.4. The summed E-state index contributed by atoms with van der Waals surface area (Å²) in [6.45, 7) is 1.99. The summed E-state index contributed by atoms with van der Waals surface area (Å²) in [4.78, 5) is 13.5. The van der Waals surface area contributed by atoms with Gasteiger partial charge in [0.15, 0.2) is 5.78 Å². The standard InChI is InChI=1S/C9H10BrClOS/c1-6-7(10)5-9(13-6)8(12)3-2-4-11/h5H,2-4H2,1H3. The van der Waals surface area contributed by atoms with Crippen molar-refractivity contribution in [3.05, 3.63) is 20.3 Å². The zero-order valence-electron chi connectivity index (χ0n) is 7.27. The minimum Gasteiger partial charge on any atom is -0.293 e. The van der Waals surface area contributed by atoms with Crippen LogP contribution < -0.4 is 0 Å². The zero-order chi connectivity index (χ0) is 9.84. The van der Waals surface area contributed by atoms with Crippen molar-refractivity contribution in [2.75, 3.05) is 5.88 Å². The fraction of sp³-hybridized carbons (Fsp3) is 0.444. The van der Waals surface area contributed by atoms with Crippen LogP contribution >= 0.6 is 38.9 Å². The first kappa shape index (κ1) is 11.2. The van der Waals surface area contributed by atoms with Gasteiger partial charge in [0.2, 0.25) is 0 Å². The first-order valence-electron chi connectivity index (χ1n) is 4.00. The van der Waals surface area contributed by atoms with Crippen LogP contribution in [-0.2, 0) is 0 Å². The Labute approximate surface area is 95.2 Å². The summed E-state index contributed by atoms with van der Waals surface area (Å²) < 4.78 is 1.02. The summed E-state index contributed by atoms with van der Waals surface area (Å²) in [5, 5.41) is 0. The van der Waals surface area contributed by atoms with Crippen LogP contribution in [0.5, 0.6) is 0 Å². The maximum atomic E-state index is 11.5. The first-order chi connectivity index (χ1) is 6.15. The molecule has 1 rings (SSSR count). The van der Waals surface area contributed by atoms with E-state index in [9.17, 15) is 4.79 Å². The van der Waals surface area contributed by atoms with Crippen molar-refractivity contribution in [3.8, 4) is 0 Å². The summed E-state index contributed by atoms with van der Waals surface area (Å²) in [5.41, 5.74) is 0. The van der Waals surface area contributed by atoms with Crippen LogP contribution in [0.4, 0.5) is 0 Å². The Balaban J connectivity index is 2.66. The molecule has 1 aromatic rings. The van der Waals surface area contributed by atoms with Crippen LogP contribution in [0.2, 0.25) is 0 Å². The molecule has 0 spiro atoms. The Hall–Kier alpha value is 0.140. The Morgan fingerprint density at radius 2 is 2.38 bits per heavy atom. The van der Waals surface area contributed by atoms with Crippen molar-refractivity contribution in [1.29, 1.82) is 0 Å². The zero-order valence-corrected chi connectivity index (χ0v) is 10.4. The predicted molar refractivity (Wildman–Crippen MR) is 61.0 cm³/mol. The van der Waals surface area contributed by atoms with Crippen LogP contribution in [0.3, 0.4) is 0 Å². The molecular formula is C9H10BrClOS.